The number of ether oxygens (including phenoxy) is 1. The van der Waals surface area contributed by atoms with Gasteiger partial charge in [0, 0.05) is 11.6 Å². The van der Waals surface area contributed by atoms with E-state index in [-0.39, 0.29) is 10.7 Å². The molecular weight excluding hydrogens is 269 g/mol. The zero-order valence-corrected chi connectivity index (χ0v) is 13.2. The summed E-state index contributed by atoms with van der Waals surface area (Å²) in [6.45, 7) is 10.6. The minimum atomic E-state index is -0.252. The monoisotopic (exact) mass is 295 g/mol. The van der Waals surface area contributed by atoms with Gasteiger partial charge in [-0.15, -0.1) is 0 Å². The Morgan fingerprint density at radius 3 is 2.33 bits per heavy atom. The Kier molecular flexibility index (Phi) is 9.30. The summed E-state index contributed by atoms with van der Waals surface area (Å²) in [5, 5.41) is 0. The van der Waals surface area contributed by atoms with Gasteiger partial charge in [0.15, 0.2) is 0 Å². The Morgan fingerprint density at radius 1 is 1.19 bits per heavy atom. The van der Waals surface area contributed by atoms with Gasteiger partial charge in [-0.05, 0) is 20.8 Å². The number of esters is 1. The van der Waals surface area contributed by atoms with Gasteiger partial charge in [0.25, 0.3) is 0 Å². The Bertz CT molecular complexity index is 428. The Balaban J connectivity index is 0.00000400. The molecule has 0 fully saturated rings. The summed E-state index contributed by atoms with van der Waals surface area (Å²) in [7, 11) is 0. The highest BCUT2D eigenvalue weighted by molar-refractivity contribution is 5.81. The number of quaternary nitrogens is 1. The molecule has 0 unspecified atom stereocenters. The van der Waals surface area contributed by atoms with Crippen molar-refractivity contribution in [1.82, 2.24) is 0 Å². The lowest BCUT2D eigenvalue weighted by atomic mass is 10.2. The Morgan fingerprint density at radius 2 is 1.81 bits per heavy atom. The Labute approximate surface area is 127 Å². The summed E-state index contributed by atoms with van der Waals surface area (Å²) in [5.74, 6) is -0.252. The third kappa shape index (κ3) is 6.54. The predicted molar refractivity (Wildman–Crippen MR) is 82.1 cm³/mol. The second-order valence-corrected chi connectivity index (χ2v) is 5.01. The van der Waals surface area contributed by atoms with Gasteiger partial charge in [0.2, 0.25) is 0 Å². The summed E-state index contributed by atoms with van der Waals surface area (Å²) in [6, 6.07) is 10.5. The van der Waals surface area contributed by atoms with Gasteiger partial charge < -0.3 is 13.9 Å². The van der Waals surface area contributed by atoms with Crippen LogP contribution in [0.25, 0.3) is 0 Å². The zero-order chi connectivity index (χ0) is 14.8. The average molecular weight is 295 g/mol. The van der Waals surface area contributed by atoms with Crippen molar-refractivity contribution in [1.29, 1.82) is 0 Å². The summed E-state index contributed by atoms with van der Waals surface area (Å²) >= 11 is 0. The van der Waals surface area contributed by atoms with Crippen molar-refractivity contribution in [2.75, 3.05) is 26.2 Å². The molecule has 118 valence electrons. The molecule has 0 heterocycles. The molecule has 0 aliphatic carbocycles. The number of hydrogen-bond donors (Lipinski definition) is 0. The first-order valence-electron chi connectivity index (χ1n) is 7.34. The first-order chi connectivity index (χ1) is 9.65. The van der Waals surface area contributed by atoms with Crippen LogP contribution in [-0.2, 0) is 16.1 Å². The van der Waals surface area contributed by atoms with E-state index in [0.717, 1.165) is 30.7 Å². The van der Waals surface area contributed by atoms with E-state index in [0.29, 0.717) is 6.61 Å². The average Bonchev–Trinajstić information content (AvgIpc) is 2.47. The van der Waals surface area contributed by atoms with Crippen molar-refractivity contribution < 1.29 is 18.7 Å². The van der Waals surface area contributed by atoms with E-state index >= 15 is 0 Å². The standard InChI is InChI=1S/C17H26NO2.FH/c1-4-10-17(19)20-14-13-18(5-2,6-3)15-16-11-8-7-9-12-16;/h4,7-12H,5-6,13-15H2,1-3H3;1H/q+1;/p-1. The van der Waals surface area contributed by atoms with Crippen molar-refractivity contribution in [3.8, 4) is 0 Å². The number of rotatable bonds is 8. The van der Waals surface area contributed by atoms with Crippen LogP contribution in [0.3, 0.4) is 0 Å². The van der Waals surface area contributed by atoms with Crippen molar-refractivity contribution in [3.05, 3.63) is 48.0 Å². The van der Waals surface area contributed by atoms with Crippen LogP contribution in [0, 0.1) is 0 Å². The van der Waals surface area contributed by atoms with Crippen molar-refractivity contribution in [2.45, 2.75) is 27.3 Å². The summed E-state index contributed by atoms with van der Waals surface area (Å²) < 4.78 is 6.18. The van der Waals surface area contributed by atoms with Crippen molar-refractivity contribution in [3.63, 3.8) is 0 Å². The lowest BCUT2D eigenvalue weighted by molar-refractivity contribution is -0.937. The topological polar surface area (TPSA) is 26.3 Å². The van der Waals surface area contributed by atoms with Crippen LogP contribution in [-0.4, -0.2) is 36.7 Å². The number of likely N-dealkylation sites (N-methyl/N-ethyl adjacent to an activating group) is 1. The molecule has 0 aliphatic rings. The molecule has 0 N–H and O–H groups in total. The Hall–Kier alpha value is -1.68. The number of benzene rings is 1. The summed E-state index contributed by atoms with van der Waals surface area (Å²) in [4.78, 5) is 11.3. The summed E-state index contributed by atoms with van der Waals surface area (Å²) in [6.07, 6.45) is 3.16. The van der Waals surface area contributed by atoms with E-state index in [4.69, 9.17) is 4.74 Å². The molecule has 0 radical (unpaired) electrons. The van der Waals surface area contributed by atoms with E-state index in [2.05, 4.69) is 38.1 Å². The van der Waals surface area contributed by atoms with E-state index in [9.17, 15) is 4.79 Å². The molecule has 0 atom stereocenters. The van der Waals surface area contributed by atoms with E-state index in [1.165, 1.54) is 11.6 Å². The van der Waals surface area contributed by atoms with Gasteiger partial charge >= 0.3 is 5.97 Å². The lowest BCUT2D eigenvalue weighted by Crippen LogP contribution is -3.00. The molecule has 0 saturated heterocycles. The molecule has 0 bridgehead atoms. The maximum absolute atomic E-state index is 11.3. The number of hydrogen-bond acceptors (Lipinski definition) is 2. The van der Waals surface area contributed by atoms with Gasteiger partial charge in [0.05, 0.1) is 13.1 Å². The van der Waals surface area contributed by atoms with Crippen molar-refractivity contribution >= 4 is 5.97 Å². The molecule has 0 amide bonds. The van der Waals surface area contributed by atoms with Crippen LogP contribution in [0.4, 0.5) is 0 Å². The fraction of sp³-hybridized carbons (Fsp3) is 0.471. The minimum Gasteiger partial charge on any atom is -1.00 e. The number of halogens is 1. The first-order valence-corrected chi connectivity index (χ1v) is 7.34. The largest absolute Gasteiger partial charge is 1.00 e. The third-order valence-corrected chi connectivity index (χ3v) is 3.82. The molecule has 0 aliphatic heterocycles. The minimum absolute atomic E-state index is 0. The normalized spacial score (nSPS) is 11.2. The first kappa shape index (κ1) is 19.3. The van der Waals surface area contributed by atoms with Gasteiger partial charge in [-0.25, -0.2) is 4.79 Å². The molecular formula is C17H26FNO2. The van der Waals surface area contributed by atoms with E-state index < -0.39 is 0 Å². The third-order valence-electron chi connectivity index (χ3n) is 3.82. The van der Waals surface area contributed by atoms with Gasteiger partial charge in [-0.2, -0.15) is 0 Å². The molecule has 3 nitrogen and oxygen atoms in total. The second kappa shape index (κ2) is 10.1. The van der Waals surface area contributed by atoms with Gasteiger partial charge in [-0.3, -0.25) is 0 Å². The second-order valence-electron chi connectivity index (χ2n) is 5.01. The highest BCUT2D eigenvalue weighted by Crippen LogP contribution is 2.14. The smallest absolute Gasteiger partial charge is 0.330 e. The summed E-state index contributed by atoms with van der Waals surface area (Å²) in [5.41, 5.74) is 1.33. The predicted octanol–water partition coefficient (Wildman–Crippen LogP) is 0.167. The molecule has 1 aromatic carbocycles. The maximum atomic E-state index is 11.3. The molecule has 0 aromatic heterocycles. The fourth-order valence-corrected chi connectivity index (χ4v) is 2.34. The molecule has 4 heteroatoms. The van der Waals surface area contributed by atoms with Crippen LogP contribution >= 0.6 is 0 Å². The molecule has 1 aromatic rings. The number of carbonyl (C=O) groups is 1. The quantitative estimate of drug-likeness (QED) is 0.388. The number of allylic oxidation sites excluding steroid dienone is 1. The van der Waals surface area contributed by atoms with Crippen LogP contribution < -0.4 is 4.70 Å². The number of nitrogens with zero attached hydrogens (tertiary/aromatic N) is 1. The van der Waals surface area contributed by atoms with E-state index in [1.54, 1.807) is 6.08 Å². The van der Waals surface area contributed by atoms with E-state index in [1.807, 2.05) is 13.0 Å². The van der Waals surface area contributed by atoms with Crippen LogP contribution in [0.1, 0.15) is 26.3 Å². The lowest BCUT2D eigenvalue weighted by Gasteiger charge is -2.36. The van der Waals surface area contributed by atoms with Gasteiger partial charge in [-0.1, -0.05) is 36.4 Å². The maximum Gasteiger partial charge on any atom is 0.330 e. The highest BCUT2D eigenvalue weighted by atomic mass is 19.0. The zero-order valence-electron chi connectivity index (χ0n) is 13.2. The molecule has 0 spiro atoms. The van der Waals surface area contributed by atoms with Crippen molar-refractivity contribution in [2.24, 2.45) is 0 Å². The highest BCUT2D eigenvalue weighted by Gasteiger charge is 2.23. The number of carbonyl (C=O) groups excluding carboxylic acids is 1. The van der Waals surface area contributed by atoms with Crippen LogP contribution in [0.15, 0.2) is 42.5 Å². The molecule has 1 rings (SSSR count). The molecule has 21 heavy (non-hydrogen) atoms. The SMILES string of the molecule is CC=CC(=O)OCC[N+](CC)(CC)Cc1ccccc1.[F-]. The van der Waals surface area contributed by atoms with Gasteiger partial charge in [0.1, 0.15) is 19.7 Å². The van der Waals surface area contributed by atoms with Crippen LogP contribution in [0.2, 0.25) is 0 Å². The fourth-order valence-electron chi connectivity index (χ4n) is 2.34. The van der Waals surface area contributed by atoms with Crippen LogP contribution in [0.5, 0.6) is 0 Å². The molecule has 0 saturated carbocycles.